The summed E-state index contributed by atoms with van der Waals surface area (Å²) in [5.41, 5.74) is 0.998. The minimum Gasteiger partial charge on any atom is -0.468 e. The van der Waals surface area contributed by atoms with Crippen molar-refractivity contribution >= 4 is 23.5 Å². The standard InChI is InChI=1S/C23H24N2O5/c1-4-29-22(28)14-9-11-15(12-10-14)24-20(26)19-17-13-23(2,25(3)21(19)27)30-18-8-6-5-7-16(17)18/h5-12,17,19H,4,13H2,1-3H3,(H,24,26)/t17-,19+,23+/m0/s1. The Bertz CT molecular complexity index is 1000. The molecule has 1 saturated heterocycles. The molecule has 30 heavy (non-hydrogen) atoms. The van der Waals surface area contributed by atoms with Crippen LogP contribution in [0.2, 0.25) is 0 Å². The van der Waals surface area contributed by atoms with Crippen molar-refractivity contribution in [2.24, 2.45) is 5.92 Å². The van der Waals surface area contributed by atoms with Crippen molar-refractivity contribution in [3.63, 3.8) is 0 Å². The smallest absolute Gasteiger partial charge is 0.338 e. The van der Waals surface area contributed by atoms with E-state index in [-0.39, 0.29) is 17.7 Å². The fourth-order valence-corrected chi connectivity index (χ4v) is 4.21. The summed E-state index contributed by atoms with van der Waals surface area (Å²) in [5, 5.41) is 2.83. The third kappa shape index (κ3) is 3.30. The van der Waals surface area contributed by atoms with Gasteiger partial charge in [-0.05, 0) is 49.7 Å². The topological polar surface area (TPSA) is 84.9 Å². The minimum atomic E-state index is -0.863. The summed E-state index contributed by atoms with van der Waals surface area (Å²) in [4.78, 5) is 39.6. The van der Waals surface area contributed by atoms with Crippen LogP contribution in [0.3, 0.4) is 0 Å². The van der Waals surface area contributed by atoms with Crippen LogP contribution in [-0.2, 0) is 14.3 Å². The van der Waals surface area contributed by atoms with Gasteiger partial charge in [0.05, 0.1) is 12.2 Å². The molecule has 2 aliphatic heterocycles. The van der Waals surface area contributed by atoms with Gasteiger partial charge in [-0.2, -0.15) is 0 Å². The number of piperidine rings is 1. The van der Waals surface area contributed by atoms with Gasteiger partial charge in [0, 0.05) is 25.1 Å². The fourth-order valence-electron chi connectivity index (χ4n) is 4.21. The number of esters is 1. The molecule has 2 amide bonds. The number of rotatable bonds is 4. The number of likely N-dealkylation sites (tertiary alicyclic amines) is 1. The molecule has 0 radical (unpaired) electrons. The fraction of sp³-hybridized carbons (Fsp3) is 0.348. The monoisotopic (exact) mass is 408 g/mol. The van der Waals surface area contributed by atoms with E-state index < -0.39 is 17.6 Å². The number of fused-ring (bicyclic) bond motifs is 4. The van der Waals surface area contributed by atoms with Gasteiger partial charge in [0.25, 0.3) is 0 Å². The Labute approximate surface area is 175 Å². The number of anilines is 1. The summed E-state index contributed by atoms with van der Waals surface area (Å²) in [6.07, 6.45) is 0.534. The number of carbonyl (C=O) groups excluding carboxylic acids is 3. The molecule has 4 rings (SSSR count). The summed E-state index contributed by atoms with van der Waals surface area (Å²) in [6, 6.07) is 14.0. The third-order valence-electron chi connectivity index (χ3n) is 5.90. The Kier molecular flexibility index (Phi) is 4.97. The Morgan fingerprint density at radius 1 is 1.20 bits per heavy atom. The summed E-state index contributed by atoms with van der Waals surface area (Å²) in [7, 11) is 1.67. The highest BCUT2D eigenvalue weighted by molar-refractivity contribution is 6.08. The average molecular weight is 408 g/mol. The van der Waals surface area contributed by atoms with Crippen LogP contribution < -0.4 is 10.1 Å². The first-order valence-electron chi connectivity index (χ1n) is 9.97. The lowest BCUT2D eigenvalue weighted by Crippen LogP contribution is -2.62. The quantitative estimate of drug-likeness (QED) is 0.620. The average Bonchev–Trinajstić information content (AvgIpc) is 2.73. The Morgan fingerprint density at radius 2 is 1.90 bits per heavy atom. The normalized spacial score (nSPS) is 24.5. The molecule has 3 atom stereocenters. The number of ether oxygens (including phenoxy) is 2. The van der Waals surface area contributed by atoms with Gasteiger partial charge in [-0.1, -0.05) is 18.2 Å². The zero-order valence-electron chi connectivity index (χ0n) is 17.2. The maximum atomic E-state index is 13.2. The van der Waals surface area contributed by atoms with Gasteiger partial charge >= 0.3 is 5.97 Å². The molecular formula is C23H24N2O5. The molecule has 7 heteroatoms. The van der Waals surface area contributed by atoms with Gasteiger partial charge in [0.15, 0.2) is 5.72 Å². The molecule has 0 spiro atoms. The molecule has 0 aromatic heterocycles. The number of nitrogens with zero attached hydrogens (tertiary/aromatic N) is 1. The lowest BCUT2D eigenvalue weighted by atomic mass is 9.73. The predicted octanol–water partition coefficient (Wildman–Crippen LogP) is 3.17. The van der Waals surface area contributed by atoms with Crippen LogP contribution in [0, 0.1) is 5.92 Å². The summed E-state index contributed by atoms with van der Waals surface area (Å²) in [5.74, 6) is -1.51. The first-order chi connectivity index (χ1) is 14.3. The van der Waals surface area contributed by atoms with E-state index in [1.165, 1.54) is 4.90 Å². The third-order valence-corrected chi connectivity index (χ3v) is 5.90. The number of hydrogen-bond acceptors (Lipinski definition) is 5. The number of nitrogens with one attached hydrogen (secondary N) is 1. The van der Waals surface area contributed by atoms with Crippen molar-refractivity contribution in [2.45, 2.75) is 31.9 Å². The van der Waals surface area contributed by atoms with Gasteiger partial charge in [0.1, 0.15) is 11.7 Å². The molecule has 2 heterocycles. The molecule has 2 aromatic rings. The van der Waals surface area contributed by atoms with E-state index in [1.807, 2.05) is 31.2 Å². The van der Waals surface area contributed by atoms with Gasteiger partial charge in [0.2, 0.25) is 11.8 Å². The van der Waals surface area contributed by atoms with E-state index in [2.05, 4.69) is 5.32 Å². The highest BCUT2D eigenvalue weighted by atomic mass is 16.5. The summed E-state index contributed by atoms with van der Waals surface area (Å²) >= 11 is 0. The molecule has 0 saturated carbocycles. The van der Waals surface area contributed by atoms with E-state index in [1.54, 1.807) is 38.2 Å². The number of amides is 2. The molecule has 0 aliphatic carbocycles. The Hall–Kier alpha value is -3.35. The summed E-state index contributed by atoms with van der Waals surface area (Å²) < 4.78 is 11.1. The molecule has 2 bridgehead atoms. The van der Waals surface area contributed by atoms with Crippen molar-refractivity contribution in [3.8, 4) is 5.75 Å². The van der Waals surface area contributed by atoms with Gasteiger partial charge in [-0.3, -0.25) is 9.59 Å². The van der Waals surface area contributed by atoms with Crippen molar-refractivity contribution in [2.75, 3.05) is 19.0 Å². The molecule has 1 fully saturated rings. The molecular weight excluding hydrogens is 384 g/mol. The molecule has 2 aliphatic rings. The number of carbonyl (C=O) groups is 3. The summed E-state index contributed by atoms with van der Waals surface area (Å²) in [6.45, 7) is 3.90. The first kappa shape index (κ1) is 19.9. The van der Waals surface area contributed by atoms with Crippen molar-refractivity contribution < 1.29 is 23.9 Å². The second-order valence-electron chi connectivity index (χ2n) is 7.79. The maximum Gasteiger partial charge on any atom is 0.338 e. The highest BCUT2D eigenvalue weighted by Crippen LogP contribution is 2.49. The van der Waals surface area contributed by atoms with Crippen molar-refractivity contribution in [1.29, 1.82) is 0 Å². The molecule has 7 nitrogen and oxygen atoms in total. The number of hydrogen-bond donors (Lipinski definition) is 1. The molecule has 156 valence electrons. The van der Waals surface area contributed by atoms with Gasteiger partial charge < -0.3 is 19.7 Å². The van der Waals surface area contributed by atoms with Crippen LogP contribution in [-0.4, -0.2) is 42.1 Å². The number of para-hydroxylation sites is 1. The largest absolute Gasteiger partial charge is 0.468 e. The van der Waals surface area contributed by atoms with Crippen LogP contribution >= 0.6 is 0 Å². The van der Waals surface area contributed by atoms with E-state index in [4.69, 9.17) is 9.47 Å². The predicted molar refractivity (Wildman–Crippen MR) is 110 cm³/mol. The molecule has 1 N–H and O–H groups in total. The lowest BCUT2D eigenvalue weighted by Gasteiger charge is -2.51. The second-order valence-corrected chi connectivity index (χ2v) is 7.79. The zero-order chi connectivity index (χ0) is 21.5. The number of benzene rings is 2. The Morgan fingerprint density at radius 3 is 2.60 bits per heavy atom. The van der Waals surface area contributed by atoms with Crippen LogP contribution in [0.15, 0.2) is 48.5 Å². The lowest BCUT2D eigenvalue weighted by molar-refractivity contribution is -0.170. The van der Waals surface area contributed by atoms with Crippen molar-refractivity contribution in [1.82, 2.24) is 4.90 Å². The molecule has 0 unspecified atom stereocenters. The van der Waals surface area contributed by atoms with E-state index >= 15 is 0 Å². The van der Waals surface area contributed by atoms with Crippen LogP contribution in [0.25, 0.3) is 0 Å². The SMILES string of the molecule is CCOC(=O)c1ccc(NC(=O)[C@@H]2C(=O)N(C)[C@@]3(C)C[C@H]2c2ccccc2O3)cc1. The van der Waals surface area contributed by atoms with E-state index in [0.29, 0.717) is 30.0 Å². The maximum absolute atomic E-state index is 13.2. The van der Waals surface area contributed by atoms with Crippen LogP contribution in [0.1, 0.15) is 42.1 Å². The van der Waals surface area contributed by atoms with Crippen molar-refractivity contribution in [3.05, 3.63) is 59.7 Å². The van der Waals surface area contributed by atoms with Crippen LogP contribution in [0.4, 0.5) is 5.69 Å². The second kappa shape index (κ2) is 7.48. The van der Waals surface area contributed by atoms with Gasteiger partial charge in [-0.25, -0.2) is 4.79 Å². The van der Waals surface area contributed by atoms with Crippen LogP contribution in [0.5, 0.6) is 5.75 Å². The minimum absolute atomic E-state index is 0.274. The molecule has 2 aromatic carbocycles. The highest BCUT2D eigenvalue weighted by Gasteiger charge is 2.54. The zero-order valence-corrected chi connectivity index (χ0v) is 17.2. The first-order valence-corrected chi connectivity index (χ1v) is 9.97. The van der Waals surface area contributed by atoms with E-state index in [0.717, 1.165) is 5.56 Å². The Balaban J connectivity index is 1.59. The van der Waals surface area contributed by atoms with Gasteiger partial charge in [-0.15, -0.1) is 0 Å². The van der Waals surface area contributed by atoms with E-state index in [9.17, 15) is 14.4 Å².